The van der Waals surface area contributed by atoms with Crippen LogP contribution in [0.3, 0.4) is 0 Å². The molecule has 0 aliphatic rings. The monoisotopic (exact) mass is 239 g/mol. The molecule has 0 aliphatic heterocycles. The van der Waals surface area contributed by atoms with Gasteiger partial charge in [-0.1, -0.05) is 12.1 Å². The average Bonchev–Trinajstić information content (AvgIpc) is 2.73. The van der Waals surface area contributed by atoms with Gasteiger partial charge in [-0.3, -0.25) is 0 Å². The summed E-state index contributed by atoms with van der Waals surface area (Å²) in [6, 6.07) is 9.50. The van der Waals surface area contributed by atoms with E-state index >= 15 is 0 Å². The maximum absolute atomic E-state index is 5.77. The topological polar surface area (TPSA) is 69.1 Å². The fourth-order valence-electron chi connectivity index (χ4n) is 1.97. The summed E-state index contributed by atoms with van der Waals surface area (Å²) in [7, 11) is 0. The zero-order valence-corrected chi connectivity index (χ0v) is 10.3. The molecule has 0 spiro atoms. The van der Waals surface area contributed by atoms with Gasteiger partial charge in [0.25, 0.3) is 5.78 Å². The van der Waals surface area contributed by atoms with E-state index in [4.69, 9.17) is 5.73 Å². The van der Waals surface area contributed by atoms with E-state index in [1.165, 1.54) is 0 Å². The lowest BCUT2D eigenvalue weighted by Gasteiger charge is -1.97. The van der Waals surface area contributed by atoms with Gasteiger partial charge >= 0.3 is 0 Å². The number of rotatable bonds is 1. The highest BCUT2D eigenvalue weighted by Crippen LogP contribution is 2.18. The van der Waals surface area contributed by atoms with Gasteiger partial charge in [0.2, 0.25) is 0 Å². The number of aryl methyl sites for hydroxylation is 2. The molecule has 0 amide bonds. The molecule has 2 N–H and O–H groups in total. The summed E-state index contributed by atoms with van der Waals surface area (Å²) in [6.07, 6.45) is 0. The molecule has 0 fully saturated rings. The Hall–Kier alpha value is -2.43. The molecule has 0 radical (unpaired) electrons. The predicted octanol–water partition coefficient (Wildman–Crippen LogP) is 1.99. The maximum atomic E-state index is 5.77. The molecule has 3 rings (SSSR count). The molecule has 3 aromatic rings. The number of nitrogen functional groups attached to an aromatic ring is 1. The SMILES string of the molecule is Cc1cc(C)n2nc(-c3cccc(N)c3)nc2n1. The van der Waals surface area contributed by atoms with Crippen molar-refractivity contribution < 1.29 is 0 Å². The van der Waals surface area contributed by atoms with Crippen LogP contribution in [0.1, 0.15) is 11.4 Å². The molecule has 0 saturated carbocycles. The van der Waals surface area contributed by atoms with Gasteiger partial charge in [0.05, 0.1) is 0 Å². The van der Waals surface area contributed by atoms with Crippen LogP contribution in [0.15, 0.2) is 30.3 Å². The third-order valence-corrected chi connectivity index (χ3v) is 2.76. The first-order valence-corrected chi connectivity index (χ1v) is 5.70. The van der Waals surface area contributed by atoms with Crippen molar-refractivity contribution in [3.05, 3.63) is 41.7 Å². The van der Waals surface area contributed by atoms with E-state index < -0.39 is 0 Å². The minimum Gasteiger partial charge on any atom is -0.399 e. The molecule has 0 bridgehead atoms. The van der Waals surface area contributed by atoms with Gasteiger partial charge in [0, 0.05) is 22.6 Å². The Kier molecular flexibility index (Phi) is 2.26. The first-order valence-electron chi connectivity index (χ1n) is 5.70. The number of hydrogen-bond acceptors (Lipinski definition) is 4. The Morgan fingerprint density at radius 3 is 2.72 bits per heavy atom. The van der Waals surface area contributed by atoms with Crippen molar-refractivity contribution in [2.24, 2.45) is 0 Å². The molecule has 0 atom stereocenters. The second-order valence-electron chi connectivity index (χ2n) is 4.31. The summed E-state index contributed by atoms with van der Waals surface area (Å²) in [5.74, 6) is 1.26. The molecule has 5 nitrogen and oxygen atoms in total. The van der Waals surface area contributed by atoms with Crippen molar-refractivity contribution >= 4 is 11.5 Å². The molecule has 5 heteroatoms. The Bertz CT molecular complexity index is 729. The molecule has 90 valence electrons. The lowest BCUT2D eigenvalue weighted by atomic mass is 10.2. The van der Waals surface area contributed by atoms with Crippen LogP contribution in [0.2, 0.25) is 0 Å². The molecule has 2 heterocycles. The fraction of sp³-hybridized carbons (Fsp3) is 0.154. The Morgan fingerprint density at radius 2 is 1.94 bits per heavy atom. The van der Waals surface area contributed by atoms with Crippen molar-refractivity contribution in [2.45, 2.75) is 13.8 Å². The van der Waals surface area contributed by atoms with Crippen LogP contribution in [0, 0.1) is 13.8 Å². The predicted molar refractivity (Wildman–Crippen MR) is 70.1 cm³/mol. The first-order chi connectivity index (χ1) is 8.63. The maximum Gasteiger partial charge on any atom is 0.253 e. The van der Waals surface area contributed by atoms with Crippen molar-refractivity contribution in [1.82, 2.24) is 19.6 Å². The van der Waals surface area contributed by atoms with Gasteiger partial charge in [-0.2, -0.15) is 4.98 Å². The van der Waals surface area contributed by atoms with E-state index in [0.29, 0.717) is 17.3 Å². The summed E-state index contributed by atoms with van der Waals surface area (Å²) in [4.78, 5) is 8.79. The smallest absolute Gasteiger partial charge is 0.253 e. The number of benzene rings is 1. The zero-order chi connectivity index (χ0) is 12.7. The highest BCUT2D eigenvalue weighted by molar-refractivity contribution is 5.62. The lowest BCUT2D eigenvalue weighted by molar-refractivity contribution is 0.888. The first kappa shape index (κ1) is 10.7. The summed E-state index contributed by atoms with van der Waals surface area (Å²) < 4.78 is 1.74. The highest BCUT2D eigenvalue weighted by atomic mass is 15.3. The lowest BCUT2D eigenvalue weighted by Crippen LogP contribution is -1.97. The molecule has 1 aromatic carbocycles. The van der Waals surface area contributed by atoms with E-state index in [1.807, 2.05) is 44.2 Å². The summed E-state index contributed by atoms with van der Waals surface area (Å²) >= 11 is 0. The van der Waals surface area contributed by atoms with E-state index in [2.05, 4.69) is 15.1 Å². The summed E-state index contributed by atoms with van der Waals surface area (Å²) in [5, 5.41) is 4.45. The number of hydrogen-bond donors (Lipinski definition) is 1. The Balaban J connectivity index is 2.22. The van der Waals surface area contributed by atoms with Crippen molar-refractivity contribution in [1.29, 1.82) is 0 Å². The van der Waals surface area contributed by atoms with Gasteiger partial charge in [0.15, 0.2) is 5.82 Å². The third kappa shape index (κ3) is 1.69. The molecule has 2 aromatic heterocycles. The molecule has 0 aliphatic carbocycles. The van der Waals surface area contributed by atoms with Crippen LogP contribution in [-0.4, -0.2) is 19.6 Å². The van der Waals surface area contributed by atoms with Crippen LogP contribution in [-0.2, 0) is 0 Å². The minimum atomic E-state index is 0.616. The quantitative estimate of drug-likeness (QED) is 0.659. The van der Waals surface area contributed by atoms with Gasteiger partial charge in [-0.15, -0.1) is 5.10 Å². The largest absolute Gasteiger partial charge is 0.399 e. The molecule has 0 saturated heterocycles. The standard InChI is InChI=1S/C13H13N5/c1-8-6-9(2)18-13(15-8)16-12(17-18)10-4-3-5-11(14)7-10/h3-7H,14H2,1-2H3. The van der Waals surface area contributed by atoms with E-state index in [1.54, 1.807) is 4.52 Å². The van der Waals surface area contributed by atoms with Crippen molar-refractivity contribution in [2.75, 3.05) is 5.73 Å². The number of nitrogens with zero attached hydrogens (tertiary/aromatic N) is 4. The van der Waals surface area contributed by atoms with E-state index in [0.717, 1.165) is 17.0 Å². The fourth-order valence-corrected chi connectivity index (χ4v) is 1.97. The Morgan fingerprint density at radius 1 is 1.11 bits per heavy atom. The molecule has 0 unspecified atom stereocenters. The van der Waals surface area contributed by atoms with Gasteiger partial charge < -0.3 is 5.73 Å². The number of aromatic nitrogens is 4. The third-order valence-electron chi connectivity index (χ3n) is 2.76. The second kappa shape index (κ2) is 3.80. The van der Waals surface area contributed by atoms with Crippen molar-refractivity contribution in [3.63, 3.8) is 0 Å². The van der Waals surface area contributed by atoms with Crippen LogP contribution in [0.4, 0.5) is 5.69 Å². The van der Waals surface area contributed by atoms with Gasteiger partial charge in [0.1, 0.15) is 0 Å². The molecule has 18 heavy (non-hydrogen) atoms. The highest BCUT2D eigenvalue weighted by Gasteiger charge is 2.09. The molecular weight excluding hydrogens is 226 g/mol. The molecular formula is C13H13N5. The minimum absolute atomic E-state index is 0.616. The van der Waals surface area contributed by atoms with Crippen LogP contribution in [0.25, 0.3) is 17.2 Å². The summed E-state index contributed by atoms with van der Waals surface area (Å²) in [5.41, 5.74) is 9.32. The van der Waals surface area contributed by atoms with E-state index in [-0.39, 0.29) is 0 Å². The normalized spacial score (nSPS) is 11.0. The van der Waals surface area contributed by atoms with Gasteiger partial charge in [-0.05, 0) is 32.0 Å². The number of fused-ring (bicyclic) bond motifs is 1. The Labute approximate surface area is 104 Å². The number of nitrogens with two attached hydrogens (primary N) is 1. The summed E-state index contributed by atoms with van der Waals surface area (Å²) in [6.45, 7) is 3.93. The van der Waals surface area contributed by atoms with Crippen molar-refractivity contribution in [3.8, 4) is 11.4 Å². The van der Waals surface area contributed by atoms with Crippen LogP contribution < -0.4 is 5.73 Å². The zero-order valence-electron chi connectivity index (χ0n) is 10.3. The van der Waals surface area contributed by atoms with Gasteiger partial charge in [-0.25, -0.2) is 9.50 Å². The number of anilines is 1. The second-order valence-corrected chi connectivity index (χ2v) is 4.31. The van der Waals surface area contributed by atoms with E-state index in [9.17, 15) is 0 Å². The average molecular weight is 239 g/mol. The van der Waals surface area contributed by atoms with Crippen LogP contribution in [0.5, 0.6) is 0 Å². The van der Waals surface area contributed by atoms with Crippen LogP contribution >= 0.6 is 0 Å².